The van der Waals surface area contributed by atoms with Crippen molar-refractivity contribution >= 4 is 33.0 Å². The number of hydrogen-bond donors (Lipinski definition) is 0. The van der Waals surface area contributed by atoms with E-state index in [0.717, 1.165) is 38.4 Å². The van der Waals surface area contributed by atoms with Crippen LogP contribution in [0, 0.1) is 0 Å². The van der Waals surface area contributed by atoms with Crippen molar-refractivity contribution < 1.29 is 0 Å². The number of benzene rings is 1. The summed E-state index contributed by atoms with van der Waals surface area (Å²) in [6.45, 7) is 4.76. The summed E-state index contributed by atoms with van der Waals surface area (Å²) in [6, 6.07) is 12.1. The summed E-state index contributed by atoms with van der Waals surface area (Å²) in [6.07, 6.45) is 3.55. The minimum Gasteiger partial charge on any atom is -0.265 e. The Bertz CT molecular complexity index is 908. The minimum atomic E-state index is 0.726. The Labute approximate surface area is 153 Å². The molecule has 0 N–H and O–H groups in total. The molecule has 0 fully saturated rings. The molecule has 0 spiro atoms. The predicted octanol–water partition coefficient (Wildman–Crippen LogP) is 4.57. The van der Waals surface area contributed by atoms with Gasteiger partial charge in [0.2, 0.25) is 4.80 Å². The Morgan fingerprint density at radius 3 is 2.54 bits per heavy atom. The highest BCUT2D eigenvalue weighted by molar-refractivity contribution is 9.10. The molecular weight excluding hydrogens is 384 g/mol. The SMILES string of the molecule is CCN=c1scc(-c2ccc(Br)cc2)n1N=C(C)c1ccncc1. The number of thiazole rings is 1. The van der Waals surface area contributed by atoms with Crippen molar-refractivity contribution in [3.05, 3.63) is 69.0 Å². The van der Waals surface area contributed by atoms with E-state index >= 15 is 0 Å². The Kier molecular flexibility index (Phi) is 5.37. The van der Waals surface area contributed by atoms with Gasteiger partial charge in [0, 0.05) is 39.9 Å². The van der Waals surface area contributed by atoms with Crippen molar-refractivity contribution in [1.29, 1.82) is 0 Å². The van der Waals surface area contributed by atoms with Gasteiger partial charge in [-0.3, -0.25) is 9.98 Å². The minimum absolute atomic E-state index is 0.726. The lowest BCUT2D eigenvalue weighted by Crippen LogP contribution is -2.14. The van der Waals surface area contributed by atoms with Gasteiger partial charge < -0.3 is 0 Å². The first-order chi connectivity index (χ1) is 11.7. The molecule has 0 aliphatic heterocycles. The van der Waals surface area contributed by atoms with Gasteiger partial charge in [0.15, 0.2) is 0 Å². The Morgan fingerprint density at radius 2 is 1.88 bits per heavy atom. The van der Waals surface area contributed by atoms with E-state index in [-0.39, 0.29) is 0 Å². The van der Waals surface area contributed by atoms with E-state index in [9.17, 15) is 0 Å². The summed E-state index contributed by atoms with van der Waals surface area (Å²) in [5.41, 5.74) is 4.12. The van der Waals surface area contributed by atoms with Crippen LogP contribution >= 0.6 is 27.3 Å². The summed E-state index contributed by atoms with van der Waals surface area (Å²) in [5.74, 6) is 0. The molecule has 0 saturated heterocycles. The summed E-state index contributed by atoms with van der Waals surface area (Å²) in [7, 11) is 0. The second kappa shape index (κ2) is 7.68. The van der Waals surface area contributed by atoms with Gasteiger partial charge in [0.25, 0.3) is 0 Å². The van der Waals surface area contributed by atoms with E-state index in [4.69, 9.17) is 5.10 Å². The molecule has 122 valence electrons. The molecule has 0 aliphatic carbocycles. The van der Waals surface area contributed by atoms with Gasteiger partial charge in [-0.05, 0) is 38.1 Å². The van der Waals surface area contributed by atoms with Crippen molar-refractivity contribution in [3.8, 4) is 11.3 Å². The monoisotopic (exact) mass is 400 g/mol. The fraction of sp³-hybridized carbons (Fsp3) is 0.167. The van der Waals surface area contributed by atoms with E-state index in [1.807, 2.05) is 42.8 Å². The Balaban J connectivity index is 2.13. The molecule has 3 rings (SSSR count). The molecule has 4 nitrogen and oxygen atoms in total. The van der Waals surface area contributed by atoms with E-state index in [2.05, 4.69) is 43.4 Å². The fourth-order valence-electron chi connectivity index (χ4n) is 2.26. The fourth-order valence-corrected chi connectivity index (χ4v) is 3.42. The zero-order valence-electron chi connectivity index (χ0n) is 13.5. The molecule has 2 heterocycles. The van der Waals surface area contributed by atoms with E-state index in [1.165, 1.54) is 0 Å². The predicted molar refractivity (Wildman–Crippen MR) is 103 cm³/mol. The standard InChI is InChI=1S/C18H17BrN4S/c1-3-21-18-23(22-13(2)14-8-10-20-11-9-14)17(12-24-18)15-4-6-16(19)7-5-15/h4-12H,3H2,1-2H3. The van der Waals surface area contributed by atoms with Crippen LogP contribution in [0.5, 0.6) is 0 Å². The maximum atomic E-state index is 4.82. The number of aromatic nitrogens is 2. The summed E-state index contributed by atoms with van der Waals surface area (Å²) in [4.78, 5) is 9.52. The van der Waals surface area contributed by atoms with Gasteiger partial charge in [0.05, 0.1) is 11.4 Å². The quantitative estimate of drug-likeness (QED) is 0.591. The van der Waals surface area contributed by atoms with Gasteiger partial charge in [-0.25, -0.2) is 4.68 Å². The summed E-state index contributed by atoms with van der Waals surface area (Å²) < 4.78 is 2.98. The maximum Gasteiger partial charge on any atom is 0.206 e. The molecule has 0 saturated carbocycles. The van der Waals surface area contributed by atoms with Crippen molar-refractivity contribution in [3.63, 3.8) is 0 Å². The summed E-state index contributed by atoms with van der Waals surface area (Å²) in [5, 5.41) is 6.92. The third-order valence-electron chi connectivity index (χ3n) is 3.47. The average Bonchev–Trinajstić information content (AvgIpc) is 2.99. The van der Waals surface area contributed by atoms with Crippen LogP contribution in [0.4, 0.5) is 0 Å². The molecule has 1 aromatic carbocycles. The molecule has 0 bridgehead atoms. The number of halogens is 1. The van der Waals surface area contributed by atoms with Gasteiger partial charge in [-0.1, -0.05) is 28.1 Å². The normalized spacial score (nSPS) is 12.6. The lowest BCUT2D eigenvalue weighted by molar-refractivity contribution is 0.827. The molecule has 6 heteroatoms. The molecule has 0 radical (unpaired) electrons. The van der Waals surface area contributed by atoms with Gasteiger partial charge in [-0.15, -0.1) is 11.3 Å². The van der Waals surface area contributed by atoms with Crippen LogP contribution in [0.1, 0.15) is 19.4 Å². The largest absolute Gasteiger partial charge is 0.265 e. The Morgan fingerprint density at radius 1 is 1.17 bits per heavy atom. The zero-order chi connectivity index (χ0) is 16.9. The van der Waals surface area contributed by atoms with Gasteiger partial charge in [0.1, 0.15) is 0 Å². The third-order valence-corrected chi connectivity index (χ3v) is 4.85. The van der Waals surface area contributed by atoms with Crippen LogP contribution in [0.25, 0.3) is 11.3 Å². The highest BCUT2D eigenvalue weighted by Gasteiger charge is 2.08. The molecule has 0 aliphatic rings. The Hall–Kier alpha value is -2.05. The van der Waals surface area contributed by atoms with Crippen LogP contribution in [0.2, 0.25) is 0 Å². The highest BCUT2D eigenvalue weighted by Crippen LogP contribution is 2.22. The first-order valence-electron chi connectivity index (χ1n) is 7.62. The number of pyridine rings is 1. The molecule has 0 atom stereocenters. The second-order valence-electron chi connectivity index (χ2n) is 5.12. The second-order valence-corrected chi connectivity index (χ2v) is 6.87. The lowest BCUT2D eigenvalue weighted by Gasteiger charge is -2.06. The maximum absolute atomic E-state index is 4.82. The molecule has 0 amide bonds. The average molecular weight is 401 g/mol. The number of hydrogen-bond acceptors (Lipinski definition) is 4. The number of nitrogens with zero attached hydrogens (tertiary/aromatic N) is 4. The topological polar surface area (TPSA) is 42.5 Å². The van der Waals surface area contributed by atoms with Crippen molar-refractivity contribution in [2.24, 2.45) is 10.1 Å². The van der Waals surface area contributed by atoms with Gasteiger partial charge in [-0.2, -0.15) is 5.10 Å². The molecule has 24 heavy (non-hydrogen) atoms. The van der Waals surface area contributed by atoms with Crippen LogP contribution < -0.4 is 4.80 Å². The van der Waals surface area contributed by atoms with Crippen molar-refractivity contribution in [2.45, 2.75) is 13.8 Å². The first-order valence-corrected chi connectivity index (χ1v) is 9.29. The number of rotatable bonds is 4. The lowest BCUT2D eigenvalue weighted by atomic mass is 10.2. The molecule has 3 aromatic rings. The smallest absolute Gasteiger partial charge is 0.206 e. The van der Waals surface area contributed by atoms with Crippen LogP contribution in [-0.4, -0.2) is 21.9 Å². The molecule has 0 unspecified atom stereocenters. The molecular formula is C18H17BrN4S. The summed E-state index contributed by atoms with van der Waals surface area (Å²) >= 11 is 5.08. The van der Waals surface area contributed by atoms with Crippen molar-refractivity contribution in [2.75, 3.05) is 6.54 Å². The van der Waals surface area contributed by atoms with Crippen LogP contribution in [-0.2, 0) is 0 Å². The first kappa shape index (κ1) is 16.8. The third kappa shape index (κ3) is 3.71. The van der Waals surface area contributed by atoms with Crippen LogP contribution in [0.15, 0.2) is 68.7 Å². The van der Waals surface area contributed by atoms with E-state index < -0.39 is 0 Å². The van der Waals surface area contributed by atoms with Crippen LogP contribution in [0.3, 0.4) is 0 Å². The van der Waals surface area contributed by atoms with E-state index in [0.29, 0.717) is 0 Å². The highest BCUT2D eigenvalue weighted by atomic mass is 79.9. The molecule has 2 aromatic heterocycles. The zero-order valence-corrected chi connectivity index (χ0v) is 15.9. The van der Waals surface area contributed by atoms with E-state index in [1.54, 1.807) is 23.7 Å². The van der Waals surface area contributed by atoms with Gasteiger partial charge >= 0.3 is 0 Å². The van der Waals surface area contributed by atoms with Crippen molar-refractivity contribution in [1.82, 2.24) is 9.66 Å².